The average molecular weight is 229 g/mol. The Kier molecular flexibility index (Phi) is 4.33. The van der Waals surface area contributed by atoms with Gasteiger partial charge in [0.2, 0.25) is 0 Å². The van der Waals surface area contributed by atoms with Crippen LogP contribution in [0.1, 0.15) is 47.0 Å². The van der Waals surface area contributed by atoms with Crippen LogP contribution in [0.15, 0.2) is 0 Å². The van der Waals surface area contributed by atoms with Crippen LogP contribution in [0, 0.1) is 0 Å². The maximum atomic E-state index is 11.8. The fraction of sp³-hybridized carbons (Fsp3) is 0.917. The first-order chi connectivity index (χ1) is 7.35. The zero-order valence-electron chi connectivity index (χ0n) is 10.7. The molecule has 0 radical (unpaired) electrons. The molecule has 1 heterocycles. The molecule has 0 aromatic heterocycles. The zero-order valence-corrected chi connectivity index (χ0v) is 10.7. The first-order valence-corrected chi connectivity index (χ1v) is 6.00. The molecule has 3 unspecified atom stereocenters. The summed E-state index contributed by atoms with van der Waals surface area (Å²) >= 11 is 0. The van der Waals surface area contributed by atoms with Gasteiger partial charge in [0.05, 0.1) is 12.2 Å². The highest BCUT2D eigenvalue weighted by Crippen LogP contribution is 2.23. The molecule has 16 heavy (non-hydrogen) atoms. The highest BCUT2D eigenvalue weighted by atomic mass is 16.6. The molecule has 4 nitrogen and oxygen atoms in total. The minimum absolute atomic E-state index is 0.0549. The van der Waals surface area contributed by atoms with Crippen LogP contribution in [-0.4, -0.2) is 29.8 Å². The largest absolute Gasteiger partial charge is 0.461 e. The number of hydrogen-bond acceptors (Lipinski definition) is 4. The number of esters is 1. The Hall–Kier alpha value is -0.610. The smallest absolute Gasteiger partial charge is 0.326 e. The summed E-state index contributed by atoms with van der Waals surface area (Å²) in [6, 6.07) is 0. The summed E-state index contributed by atoms with van der Waals surface area (Å²) in [4.78, 5) is 11.8. The molecule has 0 aromatic carbocycles. The van der Waals surface area contributed by atoms with Gasteiger partial charge in [-0.3, -0.25) is 4.79 Å². The van der Waals surface area contributed by atoms with Crippen molar-refractivity contribution in [2.45, 2.75) is 70.8 Å². The maximum Gasteiger partial charge on any atom is 0.326 e. The molecule has 4 heteroatoms. The standard InChI is InChI=1S/C12H23NO3/c1-5-12(4,13)11(14)16-10-6-8(2)15-9(3)7-10/h8-10H,5-7,13H2,1-4H3. The van der Waals surface area contributed by atoms with Crippen LogP contribution < -0.4 is 5.73 Å². The summed E-state index contributed by atoms with van der Waals surface area (Å²) < 4.78 is 11.0. The summed E-state index contributed by atoms with van der Waals surface area (Å²) in [6.45, 7) is 7.59. The molecule has 3 atom stereocenters. The molecule has 0 amide bonds. The van der Waals surface area contributed by atoms with Crippen molar-refractivity contribution in [3.05, 3.63) is 0 Å². The first kappa shape index (κ1) is 13.5. The third-order valence-electron chi connectivity index (χ3n) is 3.13. The maximum absolute atomic E-state index is 11.8. The Morgan fingerprint density at radius 2 is 1.94 bits per heavy atom. The molecule has 1 aliphatic rings. The topological polar surface area (TPSA) is 61.6 Å². The summed E-state index contributed by atoms with van der Waals surface area (Å²) in [7, 11) is 0. The van der Waals surface area contributed by atoms with Crippen molar-refractivity contribution in [3.63, 3.8) is 0 Å². The molecule has 0 saturated carbocycles. The number of hydrogen-bond donors (Lipinski definition) is 1. The van der Waals surface area contributed by atoms with Crippen molar-refractivity contribution >= 4 is 5.97 Å². The Bertz CT molecular complexity index is 243. The van der Waals surface area contributed by atoms with Gasteiger partial charge in [0.25, 0.3) is 0 Å². The van der Waals surface area contributed by atoms with Crippen molar-refractivity contribution in [1.29, 1.82) is 0 Å². The zero-order chi connectivity index (χ0) is 12.3. The second-order valence-corrected chi connectivity index (χ2v) is 5.03. The highest BCUT2D eigenvalue weighted by molar-refractivity contribution is 5.80. The number of rotatable bonds is 3. The van der Waals surface area contributed by atoms with Crippen LogP contribution in [0.2, 0.25) is 0 Å². The molecular formula is C12H23NO3. The summed E-state index contributed by atoms with van der Waals surface area (Å²) in [5, 5.41) is 0. The predicted octanol–water partition coefficient (Wildman–Crippen LogP) is 1.61. The van der Waals surface area contributed by atoms with Crippen LogP contribution in [0.4, 0.5) is 0 Å². The molecule has 1 rings (SSSR count). The average Bonchev–Trinajstić information content (AvgIpc) is 2.15. The van der Waals surface area contributed by atoms with E-state index in [9.17, 15) is 4.79 Å². The lowest BCUT2D eigenvalue weighted by Gasteiger charge is -2.33. The van der Waals surface area contributed by atoms with Crippen molar-refractivity contribution in [3.8, 4) is 0 Å². The third-order valence-corrected chi connectivity index (χ3v) is 3.13. The summed E-state index contributed by atoms with van der Waals surface area (Å²) in [5.41, 5.74) is 4.97. The Morgan fingerprint density at radius 3 is 2.38 bits per heavy atom. The predicted molar refractivity (Wildman–Crippen MR) is 62.0 cm³/mol. The van der Waals surface area contributed by atoms with Gasteiger partial charge in [-0.05, 0) is 27.2 Å². The second-order valence-electron chi connectivity index (χ2n) is 5.03. The number of ether oxygens (including phenoxy) is 2. The lowest BCUT2D eigenvalue weighted by Crippen LogP contribution is -2.48. The Labute approximate surface area is 97.5 Å². The van der Waals surface area contributed by atoms with Crippen LogP contribution in [-0.2, 0) is 14.3 Å². The summed E-state index contributed by atoms with van der Waals surface area (Å²) in [6.07, 6.45) is 2.34. The molecule has 0 aliphatic carbocycles. The molecule has 0 bridgehead atoms. The normalized spacial score (nSPS) is 34.2. The lowest BCUT2D eigenvalue weighted by atomic mass is 9.99. The van der Waals surface area contributed by atoms with Gasteiger partial charge in [-0.1, -0.05) is 6.92 Å². The van der Waals surface area contributed by atoms with E-state index in [1.54, 1.807) is 6.92 Å². The van der Waals surface area contributed by atoms with Crippen molar-refractivity contribution in [2.24, 2.45) is 5.73 Å². The van der Waals surface area contributed by atoms with E-state index >= 15 is 0 Å². The van der Waals surface area contributed by atoms with Crippen LogP contribution in [0.5, 0.6) is 0 Å². The van der Waals surface area contributed by atoms with Gasteiger partial charge in [0.15, 0.2) is 0 Å². The van der Waals surface area contributed by atoms with E-state index in [0.717, 1.165) is 12.8 Å². The van der Waals surface area contributed by atoms with Gasteiger partial charge in [0.1, 0.15) is 11.6 Å². The van der Waals surface area contributed by atoms with Crippen LogP contribution >= 0.6 is 0 Å². The monoisotopic (exact) mass is 229 g/mol. The first-order valence-electron chi connectivity index (χ1n) is 6.00. The van der Waals surface area contributed by atoms with E-state index in [1.165, 1.54) is 0 Å². The van der Waals surface area contributed by atoms with Crippen molar-refractivity contribution < 1.29 is 14.3 Å². The minimum Gasteiger partial charge on any atom is -0.461 e. The molecule has 1 saturated heterocycles. The molecule has 1 aliphatic heterocycles. The lowest BCUT2D eigenvalue weighted by molar-refractivity contribution is -0.165. The SMILES string of the molecule is CCC(C)(N)C(=O)OC1CC(C)OC(C)C1. The Morgan fingerprint density at radius 1 is 1.44 bits per heavy atom. The highest BCUT2D eigenvalue weighted by Gasteiger charge is 2.33. The van der Waals surface area contributed by atoms with Gasteiger partial charge in [-0.15, -0.1) is 0 Å². The van der Waals surface area contributed by atoms with Crippen LogP contribution in [0.25, 0.3) is 0 Å². The molecular weight excluding hydrogens is 206 g/mol. The molecule has 94 valence electrons. The van der Waals surface area contributed by atoms with Crippen LogP contribution in [0.3, 0.4) is 0 Å². The quantitative estimate of drug-likeness (QED) is 0.747. The van der Waals surface area contributed by atoms with Gasteiger partial charge in [0, 0.05) is 12.8 Å². The van der Waals surface area contributed by atoms with E-state index in [4.69, 9.17) is 15.2 Å². The third kappa shape index (κ3) is 3.46. The van der Waals surface area contributed by atoms with Gasteiger partial charge >= 0.3 is 5.97 Å². The number of nitrogens with two attached hydrogens (primary N) is 1. The van der Waals surface area contributed by atoms with E-state index in [-0.39, 0.29) is 24.3 Å². The van der Waals surface area contributed by atoms with Gasteiger partial charge < -0.3 is 15.2 Å². The molecule has 0 aromatic rings. The number of carbonyl (C=O) groups is 1. The molecule has 0 spiro atoms. The van der Waals surface area contributed by atoms with E-state index in [2.05, 4.69) is 0 Å². The number of carbonyl (C=O) groups excluding carboxylic acids is 1. The van der Waals surface area contributed by atoms with Crippen molar-refractivity contribution in [2.75, 3.05) is 0 Å². The Balaban J connectivity index is 2.51. The van der Waals surface area contributed by atoms with E-state index in [1.807, 2.05) is 20.8 Å². The molecule has 2 N–H and O–H groups in total. The molecule has 1 fully saturated rings. The van der Waals surface area contributed by atoms with E-state index < -0.39 is 5.54 Å². The van der Waals surface area contributed by atoms with Crippen molar-refractivity contribution in [1.82, 2.24) is 0 Å². The second kappa shape index (κ2) is 5.15. The summed E-state index contributed by atoms with van der Waals surface area (Å²) in [5.74, 6) is -0.304. The fourth-order valence-electron chi connectivity index (χ4n) is 1.87. The minimum atomic E-state index is -0.870. The van der Waals surface area contributed by atoms with E-state index in [0.29, 0.717) is 6.42 Å². The van der Waals surface area contributed by atoms with Gasteiger partial charge in [-0.25, -0.2) is 0 Å². The fourth-order valence-corrected chi connectivity index (χ4v) is 1.87. The van der Waals surface area contributed by atoms with Gasteiger partial charge in [-0.2, -0.15) is 0 Å².